The molecule has 190 valence electrons. The van der Waals surface area contributed by atoms with Gasteiger partial charge in [-0.3, -0.25) is 9.59 Å². The predicted octanol–water partition coefficient (Wildman–Crippen LogP) is 4.73. The van der Waals surface area contributed by atoms with Gasteiger partial charge in [0.1, 0.15) is 10.3 Å². The Hall–Kier alpha value is -2.50. The average molecular weight is 548 g/mol. The van der Waals surface area contributed by atoms with Crippen LogP contribution < -0.4 is 10.2 Å². The predicted molar refractivity (Wildman–Crippen MR) is 142 cm³/mol. The zero-order valence-electron chi connectivity index (χ0n) is 19.7. The maximum absolute atomic E-state index is 13.5. The summed E-state index contributed by atoms with van der Waals surface area (Å²) in [5.41, 5.74) is 1.94. The molecule has 1 fully saturated rings. The topological polar surface area (TPSA) is 96.0 Å². The van der Waals surface area contributed by atoms with E-state index < -0.39 is 16.1 Å². The van der Waals surface area contributed by atoms with Crippen LogP contribution in [0.4, 0.5) is 11.4 Å². The first-order valence-electron chi connectivity index (χ1n) is 11.8. The normalized spacial score (nSPS) is 18.2. The maximum Gasteiger partial charge on any atom is 0.258 e. The molecule has 1 unspecified atom stereocenters. The van der Waals surface area contributed by atoms with Gasteiger partial charge in [0.2, 0.25) is 5.91 Å². The number of amides is 2. The van der Waals surface area contributed by atoms with Crippen molar-refractivity contribution in [3.63, 3.8) is 0 Å². The lowest BCUT2D eigenvalue weighted by atomic mass is 10.0. The minimum Gasteiger partial charge on any atom is -0.385 e. The lowest BCUT2D eigenvalue weighted by Crippen LogP contribution is -2.49. The molecule has 11 heteroatoms. The van der Waals surface area contributed by atoms with Gasteiger partial charge in [0.15, 0.2) is 0 Å². The van der Waals surface area contributed by atoms with Gasteiger partial charge in [-0.2, -0.15) is 4.31 Å². The van der Waals surface area contributed by atoms with E-state index in [1.807, 2.05) is 12.1 Å². The molecule has 5 rings (SSSR count). The lowest BCUT2D eigenvalue weighted by Gasteiger charge is -2.33. The number of carbonyl (C=O) groups is 2. The molecule has 2 aliphatic heterocycles. The molecular formula is C25H26ClN3O5S2. The maximum atomic E-state index is 13.5. The summed E-state index contributed by atoms with van der Waals surface area (Å²) in [4.78, 5) is 28.3. The Bertz CT molecular complexity index is 1440. The molecule has 1 atom stereocenters. The van der Waals surface area contributed by atoms with Gasteiger partial charge in [-0.1, -0.05) is 30.2 Å². The molecule has 0 radical (unpaired) electrons. The number of benzene rings is 2. The fraction of sp³-hybridized carbons (Fsp3) is 0.360. The lowest BCUT2D eigenvalue weighted by molar-refractivity contribution is -0.120. The number of nitrogens with one attached hydrogen (secondary N) is 1. The summed E-state index contributed by atoms with van der Waals surface area (Å²) in [5, 5.41) is 4.50. The highest BCUT2D eigenvalue weighted by Gasteiger charge is 2.39. The molecule has 1 N–H and O–H groups in total. The highest BCUT2D eigenvalue weighted by Crippen LogP contribution is 2.41. The Morgan fingerprint density at radius 1 is 1.19 bits per heavy atom. The van der Waals surface area contributed by atoms with Crippen molar-refractivity contribution in [3.05, 3.63) is 52.4 Å². The minimum absolute atomic E-state index is 0.0747. The summed E-state index contributed by atoms with van der Waals surface area (Å²) in [6, 6.07) is 11.3. The van der Waals surface area contributed by atoms with Crippen molar-refractivity contribution in [3.8, 4) is 0 Å². The highest BCUT2D eigenvalue weighted by molar-refractivity contribution is 7.91. The number of anilines is 2. The highest BCUT2D eigenvalue weighted by atomic mass is 35.5. The number of halogens is 1. The van der Waals surface area contributed by atoms with E-state index in [0.717, 1.165) is 34.2 Å². The third-order valence-electron chi connectivity index (χ3n) is 6.64. The monoisotopic (exact) mass is 547 g/mol. The summed E-state index contributed by atoms with van der Waals surface area (Å²) < 4.78 is 33.5. The number of thiophene rings is 1. The summed E-state index contributed by atoms with van der Waals surface area (Å²) in [6.45, 7) is 1.35. The van der Waals surface area contributed by atoms with E-state index >= 15 is 0 Å². The number of sulfonamides is 1. The number of rotatable bonds is 8. The van der Waals surface area contributed by atoms with Gasteiger partial charge in [0.25, 0.3) is 15.9 Å². The third kappa shape index (κ3) is 4.41. The molecule has 0 spiro atoms. The van der Waals surface area contributed by atoms with Crippen molar-refractivity contribution in [1.82, 2.24) is 4.31 Å². The van der Waals surface area contributed by atoms with E-state index in [4.69, 9.17) is 16.3 Å². The van der Waals surface area contributed by atoms with Gasteiger partial charge in [-0.15, -0.1) is 11.3 Å². The quantitative estimate of drug-likeness (QED) is 0.411. The van der Waals surface area contributed by atoms with Crippen LogP contribution in [-0.2, 0) is 19.6 Å². The molecule has 2 aliphatic rings. The van der Waals surface area contributed by atoms with Crippen LogP contribution in [0.25, 0.3) is 10.8 Å². The second-order valence-corrected chi connectivity index (χ2v) is 12.7. The number of hydrogen-bond donors (Lipinski definition) is 1. The van der Waals surface area contributed by atoms with Gasteiger partial charge in [0, 0.05) is 48.8 Å². The van der Waals surface area contributed by atoms with E-state index in [1.54, 1.807) is 36.3 Å². The van der Waals surface area contributed by atoms with E-state index in [9.17, 15) is 18.0 Å². The number of nitrogens with zero attached hydrogens (tertiary/aromatic N) is 2. The van der Waals surface area contributed by atoms with E-state index in [1.165, 1.54) is 10.4 Å². The van der Waals surface area contributed by atoms with Gasteiger partial charge in [-0.05, 0) is 49.6 Å². The summed E-state index contributed by atoms with van der Waals surface area (Å²) >= 11 is 6.96. The average Bonchev–Trinajstić information content (AvgIpc) is 3.44. The second-order valence-electron chi connectivity index (χ2n) is 8.84. The Labute approximate surface area is 218 Å². The molecule has 36 heavy (non-hydrogen) atoms. The fourth-order valence-electron chi connectivity index (χ4n) is 4.97. The van der Waals surface area contributed by atoms with Gasteiger partial charge >= 0.3 is 0 Å². The van der Waals surface area contributed by atoms with Gasteiger partial charge in [0.05, 0.1) is 10.0 Å². The van der Waals surface area contributed by atoms with E-state index in [-0.39, 0.29) is 22.6 Å². The van der Waals surface area contributed by atoms with Crippen molar-refractivity contribution in [2.75, 3.05) is 37.0 Å². The largest absolute Gasteiger partial charge is 0.385 e. The van der Waals surface area contributed by atoms with Crippen molar-refractivity contribution >= 4 is 66.9 Å². The molecule has 3 aromatic rings. The first-order chi connectivity index (χ1) is 17.3. The Kier molecular flexibility index (Phi) is 7.06. The molecule has 2 aromatic carbocycles. The number of carbonyl (C=O) groups excluding carboxylic acids is 2. The zero-order valence-corrected chi connectivity index (χ0v) is 22.1. The molecule has 0 saturated carbocycles. The van der Waals surface area contributed by atoms with Crippen molar-refractivity contribution < 1.29 is 22.7 Å². The fourth-order valence-corrected chi connectivity index (χ4v) is 8.24. The van der Waals surface area contributed by atoms with Crippen molar-refractivity contribution in [2.24, 2.45) is 0 Å². The van der Waals surface area contributed by atoms with Crippen LogP contribution >= 0.6 is 22.9 Å². The molecule has 8 nitrogen and oxygen atoms in total. The first-order valence-corrected chi connectivity index (χ1v) is 14.4. The second kappa shape index (κ2) is 10.1. The number of methoxy groups -OCH3 is 1. The van der Waals surface area contributed by atoms with E-state index in [2.05, 4.69) is 5.32 Å². The molecular weight excluding hydrogens is 522 g/mol. The molecule has 0 bridgehead atoms. The first kappa shape index (κ1) is 25.2. The van der Waals surface area contributed by atoms with Crippen LogP contribution in [0.1, 0.15) is 36.0 Å². The summed E-state index contributed by atoms with van der Waals surface area (Å²) in [5.74, 6) is -0.461. The van der Waals surface area contributed by atoms with E-state index in [0.29, 0.717) is 48.0 Å². The van der Waals surface area contributed by atoms with Crippen LogP contribution in [0.5, 0.6) is 0 Å². The SMILES string of the molecule is COCCCN1C(=O)c2cccc3c(NC(=O)C4CCCCN4S(=O)(=O)c4ccc(Cl)s4)ccc1c23. The number of ether oxygens (including phenoxy) is 1. The summed E-state index contributed by atoms with van der Waals surface area (Å²) in [7, 11) is -2.22. The number of piperidine rings is 1. The van der Waals surface area contributed by atoms with Crippen LogP contribution in [-0.4, -0.2) is 57.4 Å². The minimum atomic E-state index is -3.85. The van der Waals surface area contributed by atoms with Crippen LogP contribution in [0, 0.1) is 0 Å². The Morgan fingerprint density at radius 2 is 2.03 bits per heavy atom. The van der Waals surface area contributed by atoms with Crippen LogP contribution in [0.15, 0.2) is 46.7 Å². The van der Waals surface area contributed by atoms with Gasteiger partial charge < -0.3 is 15.0 Å². The van der Waals surface area contributed by atoms with Crippen LogP contribution in [0.2, 0.25) is 4.34 Å². The molecule has 0 aliphatic carbocycles. The Balaban J connectivity index is 1.44. The summed E-state index contributed by atoms with van der Waals surface area (Å²) in [6.07, 6.45) is 2.57. The zero-order chi connectivity index (χ0) is 25.4. The van der Waals surface area contributed by atoms with Crippen molar-refractivity contribution in [2.45, 2.75) is 35.9 Å². The molecule has 2 amide bonds. The standard InChI is InChI=1S/C25H26ClN3O5S2/c1-34-15-5-13-28-19-10-9-18(16-6-4-7-17(23(16)19)25(28)31)27-24(30)20-8-2-3-14-29(20)36(32,33)22-12-11-21(26)35-22/h4,6-7,9-12,20H,2-3,5,8,13-15H2,1H3,(H,27,30). The molecule has 1 aromatic heterocycles. The number of hydrogen-bond acceptors (Lipinski definition) is 6. The van der Waals surface area contributed by atoms with Gasteiger partial charge in [-0.25, -0.2) is 8.42 Å². The molecule has 3 heterocycles. The third-order valence-corrected chi connectivity index (χ3v) is 10.2. The van der Waals surface area contributed by atoms with Crippen molar-refractivity contribution in [1.29, 1.82) is 0 Å². The molecule has 1 saturated heterocycles. The van der Waals surface area contributed by atoms with Crippen LogP contribution in [0.3, 0.4) is 0 Å². The smallest absolute Gasteiger partial charge is 0.258 e. The Morgan fingerprint density at radius 3 is 2.78 bits per heavy atom.